The summed E-state index contributed by atoms with van der Waals surface area (Å²) in [7, 11) is 0. The van der Waals surface area contributed by atoms with Gasteiger partial charge < -0.3 is 9.42 Å². The van der Waals surface area contributed by atoms with Crippen molar-refractivity contribution in [3.8, 4) is 11.4 Å². The minimum absolute atomic E-state index is 0.0578. The minimum Gasteiger partial charge on any atom is -0.331 e. The Balaban J connectivity index is 1.57. The molecule has 0 fully saturated rings. The Morgan fingerprint density at radius 2 is 1.73 bits per heavy atom. The van der Waals surface area contributed by atoms with Gasteiger partial charge in [0.1, 0.15) is 5.37 Å². The van der Waals surface area contributed by atoms with E-state index < -0.39 is 12.1 Å². The van der Waals surface area contributed by atoms with E-state index in [1.54, 1.807) is 23.9 Å². The van der Waals surface area contributed by atoms with Gasteiger partial charge in [0.05, 0.1) is 0 Å². The summed E-state index contributed by atoms with van der Waals surface area (Å²) >= 11 is 1.65. The molecule has 132 valence electrons. The highest BCUT2D eigenvalue weighted by Gasteiger charge is 2.38. The number of rotatable bonds is 3. The smallest absolute Gasteiger partial charge is 0.331 e. The van der Waals surface area contributed by atoms with E-state index in [0.717, 1.165) is 11.3 Å². The molecule has 0 amide bonds. The van der Waals surface area contributed by atoms with E-state index >= 15 is 0 Å². The van der Waals surface area contributed by atoms with Gasteiger partial charge in [-0.05, 0) is 23.1 Å². The quantitative estimate of drug-likeness (QED) is 0.606. The van der Waals surface area contributed by atoms with E-state index in [0.29, 0.717) is 5.56 Å². The van der Waals surface area contributed by atoms with Gasteiger partial charge in [-0.1, -0.05) is 47.6 Å². The van der Waals surface area contributed by atoms with Gasteiger partial charge in [0, 0.05) is 17.5 Å². The van der Waals surface area contributed by atoms with Crippen LogP contribution in [0.1, 0.15) is 16.8 Å². The average molecular weight is 375 g/mol. The van der Waals surface area contributed by atoms with Crippen LogP contribution in [0.3, 0.4) is 0 Å². The van der Waals surface area contributed by atoms with Gasteiger partial charge in [-0.3, -0.25) is 0 Å². The lowest BCUT2D eigenvalue weighted by Crippen LogP contribution is -2.16. The van der Waals surface area contributed by atoms with Gasteiger partial charge in [-0.2, -0.15) is 18.2 Å². The number of halogens is 3. The second-order valence-corrected chi connectivity index (χ2v) is 6.55. The first-order valence-electron chi connectivity index (χ1n) is 7.69. The van der Waals surface area contributed by atoms with Gasteiger partial charge >= 0.3 is 12.1 Å². The topological polar surface area (TPSA) is 42.2 Å². The number of para-hydroxylation sites is 1. The Bertz CT molecular complexity index is 923. The molecular formula is C18H12F3N3OS. The van der Waals surface area contributed by atoms with E-state index in [1.807, 2.05) is 54.1 Å². The maximum atomic E-state index is 12.6. The Labute approximate surface area is 151 Å². The molecule has 1 aromatic heterocycles. The summed E-state index contributed by atoms with van der Waals surface area (Å²) in [5.74, 6) is -1.43. The van der Waals surface area contributed by atoms with Crippen molar-refractivity contribution in [2.45, 2.75) is 11.6 Å². The summed E-state index contributed by atoms with van der Waals surface area (Å²) in [4.78, 5) is 5.55. The van der Waals surface area contributed by atoms with Crippen LogP contribution >= 0.6 is 11.8 Å². The van der Waals surface area contributed by atoms with Crippen LogP contribution in [0.25, 0.3) is 11.4 Å². The lowest BCUT2D eigenvalue weighted by atomic mass is 10.1. The lowest BCUT2D eigenvalue weighted by molar-refractivity contribution is -0.159. The zero-order valence-corrected chi connectivity index (χ0v) is 14.0. The molecule has 1 aliphatic rings. The number of thioether (sulfide) groups is 1. The van der Waals surface area contributed by atoms with Gasteiger partial charge in [0.2, 0.25) is 5.82 Å². The molecule has 8 heteroatoms. The number of nitrogens with zero attached hydrogens (tertiary/aromatic N) is 3. The highest BCUT2D eigenvalue weighted by atomic mass is 32.2. The van der Waals surface area contributed by atoms with Crippen LogP contribution in [-0.2, 0) is 6.18 Å². The second kappa shape index (κ2) is 6.53. The van der Waals surface area contributed by atoms with Crippen molar-refractivity contribution in [1.29, 1.82) is 0 Å². The molecule has 26 heavy (non-hydrogen) atoms. The van der Waals surface area contributed by atoms with E-state index in [-0.39, 0.29) is 11.2 Å². The van der Waals surface area contributed by atoms with E-state index in [2.05, 4.69) is 19.6 Å². The summed E-state index contributed by atoms with van der Waals surface area (Å²) in [6.07, 6.45) is -2.64. The molecule has 1 atom stereocenters. The molecule has 3 aromatic rings. The average Bonchev–Trinajstić information content (AvgIpc) is 3.32. The Morgan fingerprint density at radius 3 is 2.38 bits per heavy atom. The monoisotopic (exact) mass is 375 g/mol. The highest BCUT2D eigenvalue weighted by Crippen LogP contribution is 2.42. The van der Waals surface area contributed by atoms with Crippen LogP contribution in [0, 0.1) is 0 Å². The predicted molar refractivity (Wildman–Crippen MR) is 93.1 cm³/mol. The maximum absolute atomic E-state index is 12.6. The third kappa shape index (κ3) is 3.20. The van der Waals surface area contributed by atoms with E-state index in [9.17, 15) is 13.2 Å². The van der Waals surface area contributed by atoms with Crippen LogP contribution < -0.4 is 4.90 Å². The summed E-state index contributed by atoms with van der Waals surface area (Å²) in [6, 6.07) is 17.1. The second-order valence-electron chi connectivity index (χ2n) is 5.56. The number of benzene rings is 2. The van der Waals surface area contributed by atoms with Crippen molar-refractivity contribution in [1.82, 2.24) is 10.1 Å². The number of hydrogen-bond acceptors (Lipinski definition) is 5. The standard InChI is InChI=1S/C18H12F3N3OS/c19-18(20,21)17-22-15(23-25-17)12-6-8-13(9-7-12)16-24(10-11-26-16)14-4-2-1-3-5-14/h1-11,16H. The van der Waals surface area contributed by atoms with Gasteiger partial charge in [0.25, 0.3) is 0 Å². The highest BCUT2D eigenvalue weighted by molar-refractivity contribution is 8.02. The Hall–Kier alpha value is -2.74. The molecule has 0 saturated carbocycles. The van der Waals surface area contributed by atoms with Crippen molar-refractivity contribution in [2.75, 3.05) is 4.90 Å². The first-order chi connectivity index (χ1) is 12.5. The number of alkyl halides is 3. The molecule has 0 N–H and O–H groups in total. The fourth-order valence-electron chi connectivity index (χ4n) is 2.63. The van der Waals surface area contributed by atoms with Crippen LogP contribution in [0.4, 0.5) is 18.9 Å². The summed E-state index contributed by atoms with van der Waals surface area (Å²) in [5, 5.41) is 5.48. The van der Waals surface area contributed by atoms with Crippen LogP contribution in [0.5, 0.6) is 0 Å². The third-order valence-corrected chi connectivity index (χ3v) is 4.89. The van der Waals surface area contributed by atoms with Gasteiger partial charge in [-0.15, -0.1) is 11.8 Å². The predicted octanol–water partition coefficient (Wildman–Crippen LogP) is 5.48. The fourth-order valence-corrected chi connectivity index (χ4v) is 3.62. The molecular weight excluding hydrogens is 363 g/mol. The van der Waals surface area contributed by atoms with Gasteiger partial charge in [-0.25, -0.2) is 0 Å². The third-order valence-electron chi connectivity index (χ3n) is 3.86. The number of aromatic nitrogens is 2. The zero-order chi connectivity index (χ0) is 18.1. The molecule has 0 bridgehead atoms. The maximum Gasteiger partial charge on any atom is 0.471 e. The van der Waals surface area contributed by atoms with Crippen LogP contribution in [0.2, 0.25) is 0 Å². The summed E-state index contributed by atoms with van der Waals surface area (Å²) in [5.41, 5.74) is 2.55. The lowest BCUT2D eigenvalue weighted by Gasteiger charge is -2.25. The molecule has 2 aromatic carbocycles. The van der Waals surface area contributed by atoms with Crippen LogP contribution in [0.15, 0.2) is 70.7 Å². The Kier molecular flexibility index (Phi) is 4.20. The normalized spacial score (nSPS) is 17.0. The fraction of sp³-hybridized carbons (Fsp3) is 0.111. The van der Waals surface area contributed by atoms with Crippen molar-refractivity contribution >= 4 is 17.4 Å². The largest absolute Gasteiger partial charge is 0.471 e. The van der Waals surface area contributed by atoms with Crippen molar-refractivity contribution in [3.63, 3.8) is 0 Å². The molecule has 4 rings (SSSR count). The van der Waals surface area contributed by atoms with E-state index in [4.69, 9.17) is 0 Å². The molecule has 1 unspecified atom stereocenters. The first kappa shape index (κ1) is 16.7. The van der Waals surface area contributed by atoms with Crippen molar-refractivity contribution < 1.29 is 17.7 Å². The minimum atomic E-state index is -4.65. The zero-order valence-electron chi connectivity index (χ0n) is 13.2. The molecule has 1 aliphatic heterocycles. The molecule has 0 aliphatic carbocycles. The molecule has 2 heterocycles. The molecule has 0 spiro atoms. The Morgan fingerprint density at radius 1 is 1.00 bits per heavy atom. The summed E-state index contributed by atoms with van der Waals surface area (Å²) < 4.78 is 42.0. The number of hydrogen-bond donors (Lipinski definition) is 0. The molecule has 4 nitrogen and oxygen atoms in total. The summed E-state index contributed by atoms with van der Waals surface area (Å²) in [6.45, 7) is 0. The van der Waals surface area contributed by atoms with Gasteiger partial charge in [0.15, 0.2) is 0 Å². The molecule has 0 saturated heterocycles. The van der Waals surface area contributed by atoms with Crippen molar-refractivity contribution in [3.05, 3.63) is 77.7 Å². The first-order valence-corrected chi connectivity index (χ1v) is 8.63. The van der Waals surface area contributed by atoms with E-state index in [1.165, 1.54) is 0 Å². The molecule has 0 radical (unpaired) electrons. The SMILES string of the molecule is FC(F)(F)c1nc(-c2ccc(C3SC=CN3c3ccccc3)cc2)no1. The van der Waals surface area contributed by atoms with Crippen LogP contribution in [-0.4, -0.2) is 10.1 Å². The number of anilines is 1. The van der Waals surface area contributed by atoms with Crippen molar-refractivity contribution in [2.24, 2.45) is 0 Å².